The fourth-order valence-electron chi connectivity index (χ4n) is 3.09. The van der Waals surface area contributed by atoms with Gasteiger partial charge in [0.15, 0.2) is 0 Å². The molecule has 132 valence electrons. The van der Waals surface area contributed by atoms with E-state index in [9.17, 15) is 4.79 Å². The summed E-state index contributed by atoms with van der Waals surface area (Å²) < 4.78 is 5.36. The number of ether oxygens (including phenoxy) is 1. The molecule has 8 heteroatoms. The van der Waals surface area contributed by atoms with Gasteiger partial charge in [0.2, 0.25) is 5.95 Å². The van der Waals surface area contributed by atoms with Crippen molar-refractivity contribution in [1.29, 1.82) is 0 Å². The number of nitrogens with one attached hydrogen (secondary N) is 1. The first kappa shape index (κ1) is 16.1. The molecule has 3 N–H and O–H groups in total. The van der Waals surface area contributed by atoms with Crippen LogP contribution in [0.4, 0.5) is 5.95 Å². The number of nitrogens with two attached hydrogens (primary N) is 1. The maximum Gasteiger partial charge on any atom is 0.272 e. The summed E-state index contributed by atoms with van der Waals surface area (Å²) in [6.45, 7) is 1.01. The largest absolute Gasteiger partial charge is 0.496 e. The molecule has 26 heavy (non-hydrogen) atoms. The molecule has 3 aromatic rings. The number of carbonyl (C=O) groups excluding carboxylic acids is 1. The normalized spacial score (nSPS) is 13.3. The predicted octanol–water partition coefficient (Wildman–Crippen LogP) is 1.66. The second-order valence-electron chi connectivity index (χ2n) is 6.04. The van der Waals surface area contributed by atoms with Gasteiger partial charge in [0.1, 0.15) is 11.4 Å². The van der Waals surface area contributed by atoms with Gasteiger partial charge in [-0.25, -0.2) is 9.97 Å². The van der Waals surface area contributed by atoms with Gasteiger partial charge in [-0.1, -0.05) is 12.1 Å². The van der Waals surface area contributed by atoms with Gasteiger partial charge in [-0.05, 0) is 30.2 Å². The van der Waals surface area contributed by atoms with Crippen molar-refractivity contribution in [2.24, 2.45) is 0 Å². The summed E-state index contributed by atoms with van der Waals surface area (Å²) in [6, 6.07) is 9.29. The van der Waals surface area contributed by atoms with Crippen LogP contribution in [-0.2, 0) is 13.0 Å². The third kappa shape index (κ3) is 2.85. The molecule has 1 amide bonds. The molecular weight excluding hydrogens is 332 g/mol. The molecule has 0 saturated heterocycles. The van der Waals surface area contributed by atoms with Gasteiger partial charge >= 0.3 is 0 Å². The zero-order chi connectivity index (χ0) is 18.1. The molecule has 2 aromatic heterocycles. The second-order valence-corrected chi connectivity index (χ2v) is 6.04. The van der Waals surface area contributed by atoms with Crippen molar-refractivity contribution >= 4 is 11.9 Å². The summed E-state index contributed by atoms with van der Waals surface area (Å²) in [5, 5.41) is 7.11. The standard InChI is InChI=1S/C18H18N6O2/c1-26-16-5-3-2-4-12(16)13-8-14(23-22-13)17(25)24-7-6-11-9-20-18(19)21-15(11)10-24/h2-5,8-9H,6-7,10H2,1H3,(H,22,23)(H2,19,20,21). The number of rotatable bonds is 3. The van der Waals surface area contributed by atoms with E-state index in [0.717, 1.165) is 16.8 Å². The third-order valence-electron chi connectivity index (χ3n) is 4.44. The Balaban J connectivity index is 1.57. The number of methoxy groups -OCH3 is 1. The van der Waals surface area contributed by atoms with Crippen LogP contribution >= 0.6 is 0 Å². The smallest absolute Gasteiger partial charge is 0.272 e. The number of nitrogen functional groups attached to an aromatic ring is 1. The second kappa shape index (κ2) is 6.47. The van der Waals surface area contributed by atoms with Crippen LogP contribution in [0.15, 0.2) is 36.5 Å². The first-order valence-corrected chi connectivity index (χ1v) is 8.24. The van der Waals surface area contributed by atoms with Crippen molar-refractivity contribution in [2.45, 2.75) is 13.0 Å². The fourth-order valence-corrected chi connectivity index (χ4v) is 3.09. The molecule has 8 nitrogen and oxygen atoms in total. The Morgan fingerprint density at radius 3 is 3.04 bits per heavy atom. The molecule has 0 spiro atoms. The van der Waals surface area contributed by atoms with Crippen molar-refractivity contribution < 1.29 is 9.53 Å². The van der Waals surface area contributed by atoms with Crippen molar-refractivity contribution in [2.75, 3.05) is 19.4 Å². The Kier molecular flexibility index (Phi) is 4.00. The maximum absolute atomic E-state index is 12.8. The van der Waals surface area contributed by atoms with Gasteiger partial charge in [0.05, 0.1) is 25.0 Å². The van der Waals surface area contributed by atoms with E-state index in [-0.39, 0.29) is 11.9 Å². The van der Waals surface area contributed by atoms with Crippen LogP contribution in [0, 0.1) is 0 Å². The van der Waals surface area contributed by atoms with E-state index < -0.39 is 0 Å². The number of carbonyl (C=O) groups is 1. The summed E-state index contributed by atoms with van der Waals surface area (Å²) in [7, 11) is 1.61. The average molecular weight is 350 g/mol. The maximum atomic E-state index is 12.8. The lowest BCUT2D eigenvalue weighted by Crippen LogP contribution is -2.36. The van der Waals surface area contributed by atoms with E-state index in [4.69, 9.17) is 10.5 Å². The lowest BCUT2D eigenvalue weighted by molar-refractivity contribution is 0.0725. The molecule has 1 aliphatic heterocycles. The molecule has 0 fully saturated rings. The number of fused-ring (bicyclic) bond motifs is 1. The van der Waals surface area contributed by atoms with Crippen LogP contribution < -0.4 is 10.5 Å². The number of H-pyrrole nitrogens is 1. The van der Waals surface area contributed by atoms with Gasteiger partial charge in [0, 0.05) is 18.3 Å². The lowest BCUT2D eigenvalue weighted by Gasteiger charge is -2.27. The summed E-state index contributed by atoms with van der Waals surface area (Å²) in [4.78, 5) is 22.8. The molecular formula is C18H18N6O2. The van der Waals surface area contributed by atoms with Crippen molar-refractivity contribution in [3.63, 3.8) is 0 Å². The topological polar surface area (TPSA) is 110 Å². The molecule has 0 radical (unpaired) electrons. The summed E-state index contributed by atoms with van der Waals surface area (Å²) in [6.07, 6.45) is 2.43. The quantitative estimate of drug-likeness (QED) is 0.743. The van der Waals surface area contributed by atoms with E-state index in [1.54, 1.807) is 24.3 Å². The molecule has 0 bridgehead atoms. The first-order valence-electron chi connectivity index (χ1n) is 8.24. The molecule has 0 atom stereocenters. The van der Waals surface area contributed by atoms with E-state index in [0.29, 0.717) is 36.6 Å². The van der Waals surface area contributed by atoms with E-state index >= 15 is 0 Å². The highest BCUT2D eigenvalue weighted by atomic mass is 16.5. The van der Waals surface area contributed by atoms with Gasteiger partial charge < -0.3 is 15.4 Å². The highest BCUT2D eigenvalue weighted by Gasteiger charge is 2.25. The monoisotopic (exact) mass is 350 g/mol. The number of aromatic nitrogens is 4. The average Bonchev–Trinajstić information content (AvgIpc) is 3.16. The first-order chi connectivity index (χ1) is 12.7. The van der Waals surface area contributed by atoms with Crippen LogP contribution in [-0.4, -0.2) is 44.6 Å². The number of amides is 1. The van der Waals surface area contributed by atoms with Crippen molar-refractivity contribution in [3.05, 3.63) is 53.5 Å². The Labute approximate surface area is 150 Å². The van der Waals surface area contributed by atoms with Crippen molar-refractivity contribution in [3.8, 4) is 17.0 Å². The van der Waals surface area contributed by atoms with Crippen LogP contribution in [0.5, 0.6) is 5.75 Å². The third-order valence-corrected chi connectivity index (χ3v) is 4.44. The Hall–Kier alpha value is -3.42. The van der Waals surface area contributed by atoms with Crippen LogP contribution in [0.1, 0.15) is 21.7 Å². The highest BCUT2D eigenvalue weighted by Crippen LogP contribution is 2.28. The van der Waals surface area contributed by atoms with E-state index in [1.165, 1.54) is 0 Å². The van der Waals surface area contributed by atoms with Gasteiger partial charge in [-0.2, -0.15) is 5.10 Å². The van der Waals surface area contributed by atoms with Crippen LogP contribution in [0.25, 0.3) is 11.3 Å². The van der Waals surface area contributed by atoms with Gasteiger partial charge in [-0.15, -0.1) is 0 Å². The van der Waals surface area contributed by atoms with Gasteiger partial charge in [-0.3, -0.25) is 9.89 Å². The zero-order valence-electron chi connectivity index (χ0n) is 14.3. The number of aromatic amines is 1. The van der Waals surface area contributed by atoms with Crippen LogP contribution in [0.2, 0.25) is 0 Å². The molecule has 3 heterocycles. The zero-order valence-corrected chi connectivity index (χ0v) is 14.3. The lowest BCUT2D eigenvalue weighted by atomic mass is 10.1. The molecule has 1 aliphatic rings. The Morgan fingerprint density at radius 1 is 1.35 bits per heavy atom. The van der Waals surface area contributed by atoms with Gasteiger partial charge in [0.25, 0.3) is 5.91 Å². The molecule has 0 unspecified atom stereocenters. The van der Waals surface area contributed by atoms with E-state index in [2.05, 4.69) is 20.2 Å². The highest BCUT2D eigenvalue weighted by molar-refractivity contribution is 5.93. The molecule has 1 aromatic carbocycles. The number of hydrogen-bond donors (Lipinski definition) is 2. The van der Waals surface area contributed by atoms with Crippen molar-refractivity contribution in [1.82, 2.24) is 25.1 Å². The molecule has 4 rings (SSSR count). The number of benzene rings is 1. The molecule has 0 aliphatic carbocycles. The Morgan fingerprint density at radius 2 is 2.19 bits per heavy atom. The number of nitrogens with zero attached hydrogens (tertiary/aromatic N) is 4. The predicted molar refractivity (Wildman–Crippen MR) is 95.5 cm³/mol. The summed E-state index contributed by atoms with van der Waals surface area (Å²) in [5.41, 5.74) is 9.40. The van der Waals surface area contributed by atoms with E-state index in [1.807, 2.05) is 24.3 Å². The molecule has 0 saturated carbocycles. The Bertz CT molecular complexity index is 968. The van der Waals surface area contributed by atoms with Crippen LogP contribution in [0.3, 0.4) is 0 Å². The summed E-state index contributed by atoms with van der Waals surface area (Å²) >= 11 is 0. The number of hydrogen-bond acceptors (Lipinski definition) is 6. The SMILES string of the molecule is COc1ccccc1-c1cc(C(=O)N2CCc3cnc(N)nc3C2)[nH]n1. The number of anilines is 1. The minimum Gasteiger partial charge on any atom is -0.496 e. The minimum atomic E-state index is -0.124. The number of para-hydroxylation sites is 1. The summed E-state index contributed by atoms with van der Waals surface area (Å²) in [5.74, 6) is 0.802. The minimum absolute atomic E-state index is 0.124. The fraction of sp³-hybridized carbons (Fsp3) is 0.222.